The molecule has 0 radical (unpaired) electrons. The Bertz CT molecular complexity index is 1400. The number of ether oxygens (including phenoxy) is 1. The molecule has 4 N–H and O–H groups in total. The standard InChI is InChI=1S/C24H27N7O7S2/c1-5-37-28-14(17-27-23(25)40-29-17)18(32)26-15-19(33)31-16(21(34)35)13(11-39-20(15)31)10-30-8-6-12(7-9-30)22(36)38-24(2,3)4/h6-9,15,20H,5,10-11H2,1-4H3,(H3-,25,26,27,29,32,34,35)/p+1/t15?,20-/m0/s1. The number of nitrogens with zero attached hydrogens (tertiary/aromatic N) is 5. The van der Waals surface area contributed by atoms with Gasteiger partial charge in [0.2, 0.25) is 11.5 Å². The zero-order valence-electron chi connectivity index (χ0n) is 22.1. The maximum atomic E-state index is 13.1. The fourth-order valence-corrected chi connectivity index (χ4v) is 5.68. The number of nitrogens with two attached hydrogens (primary N) is 1. The summed E-state index contributed by atoms with van der Waals surface area (Å²) in [6, 6.07) is 2.18. The van der Waals surface area contributed by atoms with E-state index in [1.807, 2.05) is 0 Å². The molecule has 1 fully saturated rings. The van der Waals surface area contributed by atoms with Crippen molar-refractivity contribution in [2.45, 2.75) is 51.3 Å². The molecule has 1 unspecified atom stereocenters. The van der Waals surface area contributed by atoms with Crippen molar-refractivity contribution in [3.8, 4) is 0 Å². The average molecular weight is 591 g/mol. The van der Waals surface area contributed by atoms with Crippen LogP contribution in [0.3, 0.4) is 0 Å². The fraction of sp³-hybridized carbons (Fsp3) is 0.417. The predicted octanol–water partition coefficient (Wildman–Crippen LogP) is 0.543. The quantitative estimate of drug-likeness (QED) is 0.121. The summed E-state index contributed by atoms with van der Waals surface area (Å²) in [4.78, 5) is 60.7. The number of carbonyl (C=O) groups is 4. The summed E-state index contributed by atoms with van der Waals surface area (Å²) in [7, 11) is 0. The number of β-lactam (4-membered cyclic amide) rings is 1. The molecule has 2 aromatic heterocycles. The number of oxime groups is 1. The molecular weight excluding hydrogens is 562 g/mol. The highest BCUT2D eigenvalue weighted by Gasteiger charge is 2.55. The monoisotopic (exact) mass is 590 g/mol. The smallest absolute Gasteiger partial charge is 0.352 e. The van der Waals surface area contributed by atoms with Gasteiger partial charge in [-0.3, -0.25) is 14.5 Å². The topological polar surface area (TPSA) is 190 Å². The van der Waals surface area contributed by atoms with Crippen molar-refractivity contribution < 1.29 is 38.4 Å². The molecule has 16 heteroatoms. The first kappa shape index (κ1) is 28.9. The van der Waals surface area contributed by atoms with Crippen molar-refractivity contribution in [3.63, 3.8) is 0 Å². The van der Waals surface area contributed by atoms with E-state index in [2.05, 4.69) is 19.8 Å². The van der Waals surface area contributed by atoms with Gasteiger partial charge >= 0.3 is 11.9 Å². The molecule has 1 saturated heterocycles. The van der Waals surface area contributed by atoms with Crippen LogP contribution in [0.5, 0.6) is 0 Å². The normalized spacial score (nSPS) is 19.1. The third-order valence-corrected chi connectivity index (χ3v) is 7.47. The Morgan fingerprint density at radius 2 is 2.00 bits per heavy atom. The Morgan fingerprint density at radius 3 is 2.58 bits per heavy atom. The molecule has 4 heterocycles. The highest BCUT2D eigenvalue weighted by molar-refractivity contribution is 8.00. The van der Waals surface area contributed by atoms with Gasteiger partial charge in [0.1, 0.15) is 29.3 Å². The Hall–Kier alpha value is -4.05. The van der Waals surface area contributed by atoms with Gasteiger partial charge in [0.25, 0.3) is 11.8 Å². The third-order valence-electron chi connectivity index (χ3n) is 5.59. The number of esters is 1. The number of pyridine rings is 1. The van der Waals surface area contributed by atoms with E-state index >= 15 is 0 Å². The van der Waals surface area contributed by atoms with Gasteiger partial charge in [0.15, 0.2) is 24.1 Å². The van der Waals surface area contributed by atoms with E-state index in [0.717, 1.165) is 11.5 Å². The minimum atomic E-state index is -1.26. The Balaban J connectivity index is 1.49. The summed E-state index contributed by atoms with van der Waals surface area (Å²) < 4.78 is 11.1. The first-order chi connectivity index (χ1) is 18.9. The molecule has 0 aliphatic carbocycles. The lowest BCUT2D eigenvalue weighted by Crippen LogP contribution is -2.71. The number of thioether (sulfide) groups is 1. The molecule has 40 heavy (non-hydrogen) atoms. The zero-order valence-corrected chi connectivity index (χ0v) is 23.7. The van der Waals surface area contributed by atoms with E-state index in [0.29, 0.717) is 16.9 Å². The van der Waals surface area contributed by atoms with Crippen LogP contribution in [-0.2, 0) is 30.5 Å². The fourth-order valence-electron chi connectivity index (χ4n) is 3.91. The van der Waals surface area contributed by atoms with Gasteiger partial charge in [0.05, 0.1) is 5.56 Å². The zero-order chi connectivity index (χ0) is 29.2. The van der Waals surface area contributed by atoms with Crippen molar-refractivity contribution in [1.29, 1.82) is 0 Å². The summed E-state index contributed by atoms with van der Waals surface area (Å²) in [6.07, 6.45) is 3.28. The molecule has 2 amide bonds. The summed E-state index contributed by atoms with van der Waals surface area (Å²) in [5.74, 6) is -2.80. The molecule has 4 rings (SSSR count). The first-order valence-electron chi connectivity index (χ1n) is 12.1. The van der Waals surface area contributed by atoms with Crippen LogP contribution in [0.25, 0.3) is 0 Å². The molecule has 0 spiro atoms. The van der Waals surface area contributed by atoms with Crippen molar-refractivity contribution in [1.82, 2.24) is 19.6 Å². The average Bonchev–Trinajstić information content (AvgIpc) is 3.32. The molecule has 2 atom stereocenters. The molecule has 2 aliphatic heterocycles. The van der Waals surface area contributed by atoms with Crippen molar-refractivity contribution in [3.05, 3.63) is 47.2 Å². The minimum absolute atomic E-state index is 0.0449. The van der Waals surface area contributed by atoms with Gasteiger partial charge in [-0.25, -0.2) is 14.2 Å². The highest BCUT2D eigenvalue weighted by Crippen LogP contribution is 2.40. The van der Waals surface area contributed by atoms with Crippen LogP contribution in [0.4, 0.5) is 5.13 Å². The maximum Gasteiger partial charge on any atom is 0.352 e. The number of fused-ring (bicyclic) bond motifs is 1. The molecule has 0 bridgehead atoms. The van der Waals surface area contributed by atoms with E-state index in [1.54, 1.807) is 56.8 Å². The number of nitrogens with one attached hydrogen (secondary N) is 1. The Morgan fingerprint density at radius 1 is 1.30 bits per heavy atom. The lowest BCUT2D eigenvalue weighted by molar-refractivity contribution is -0.689. The minimum Gasteiger partial charge on any atom is -0.477 e. The molecule has 212 valence electrons. The van der Waals surface area contributed by atoms with Crippen LogP contribution < -0.4 is 15.6 Å². The van der Waals surface area contributed by atoms with E-state index in [1.165, 1.54) is 16.7 Å². The van der Waals surface area contributed by atoms with Gasteiger partial charge in [-0.1, -0.05) is 5.16 Å². The highest BCUT2D eigenvalue weighted by atomic mass is 32.2. The molecule has 0 aromatic carbocycles. The second-order valence-electron chi connectivity index (χ2n) is 9.69. The van der Waals surface area contributed by atoms with Crippen LogP contribution >= 0.6 is 23.3 Å². The number of hydrogen-bond donors (Lipinski definition) is 3. The van der Waals surface area contributed by atoms with E-state index < -0.39 is 40.8 Å². The van der Waals surface area contributed by atoms with Crippen molar-refractivity contribution in [2.24, 2.45) is 5.16 Å². The van der Waals surface area contributed by atoms with Crippen molar-refractivity contribution in [2.75, 3.05) is 18.1 Å². The molecule has 0 saturated carbocycles. The van der Waals surface area contributed by atoms with Crippen LogP contribution in [0, 0.1) is 0 Å². The van der Waals surface area contributed by atoms with E-state index in [9.17, 15) is 24.3 Å². The first-order valence-corrected chi connectivity index (χ1v) is 13.9. The summed E-state index contributed by atoms with van der Waals surface area (Å²) in [6.45, 7) is 7.37. The largest absolute Gasteiger partial charge is 0.477 e. The SMILES string of the molecule is CCON=C(C(=O)NC1C(=O)N2C(C(=O)O)=C(C[n+]3ccc(C(=O)OC(C)(C)C)cc3)CS[C@@H]12)c1nsc(N)n1. The Labute approximate surface area is 237 Å². The molecule has 14 nitrogen and oxygen atoms in total. The molecule has 2 aliphatic rings. The van der Waals surface area contributed by atoms with Gasteiger partial charge in [-0.05, 0) is 27.7 Å². The third kappa shape index (κ3) is 6.22. The number of hydrogen-bond acceptors (Lipinski definition) is 12. The molecular formula is C24H28N7O7S2+. The van der Waals surface area contributed by atoms with Gasteiger partial charge in [-0.15, -0.1) is 11.8 Å². The van der Waals surface area contributed by atoms with Gasteiger partial charge in [0, 0.05) is 35.0 Å². The van der Waals surface area contributed by atoms with Crippen LogP contribution in [0.1, 0.15) is 43.9 Å². The number of carbonyl (C=O) groups excluding carboxylic acids is 3. The van der Waals surface area contributed by atoms with Crippen LogP contribution in [-0.4, -0.2) is 78.2 Å². The lowest BCUT2D eigenvalue weighted by Gasteiger charge is -2.49. The number of carboxylic acid groups (broad SMARTS) is 1. The van der Waals surface area contributed by atoms with Crippen LogP contribution in [0.2, 0.25) is 0 Å². The number of anilines is 1. The second-order valence-corrected chi connectivity index (χ2v) is 11.6. The Kier molecular flexibility index (Phi) is 8.39. The number of carboxylic acids is 1. The van der Waals surface area contributed by atoms with E-state index in [-0.39, 0.29) is 35.5 Å². The maximum absolute atomic E-state index is 13.1. The number of nitrogen functional groups attached to an aromatic ring is 1. The number of aromatic nitrogens is 3. The number of amides is 2. The number of rotatable bonds is 9. The van der Waals surface area contributed by atoms with Gasteiger partial charge < -0.3 is 25.7 Å². The lowest BCUT2D eigenvalue weighted by atomic mass is 10.0. The van der Waals surface area contributed by atoms with Gasteiger partial charge in [-0.2, -0.15) is 9.36 Å². The second kappa shape index (κ2) is 11.6. The summed E-state index contributed by atoms with van der Waals surface area (Å²) >= 11 is 2.19. The van der Waals surface area contributed by atoms with E-state index in [4.69, 9.17) is 15.3 Å². The van der Waals surface area contributed by atoms with Crippen molar-refractivity contribution >= 4 is 57.9 Å². The number of aliphatic carboxylic acids is 1. The molecule has 2 aromatic rings. The predicted molar refractivity (Wildman–Crippen MR) is 144 cm³/mol. The summed E-state index contributed by atoms with van der Waals surface area (Å²) in [5, 5.41) is 15.8. The summed E-state index contributed by atoms with van der Waals surface area (Å²) in [5.41, 5.74) is 5.46. The van der Waals surface area contributed by atoms with Crippen LogP contribution in [0.15, 0.2) is 41.0 Å².